The van der Waals surface area contributed by atoms with Gasteiger partial charge in [0.2, 0.25) is 0 Å². The minimum absolute atomic E-state index is 0.00295. The van der Waals surface area contributed by atoms with Gasteiger partial charge in [-0.3, -0.25) is 14.8 Å². The maximum Gasteiger partial charge on any atom is 0.433 e. The molecule has 1 N–H and O–H groups in total. The van der Waals surface area contributed by atoms with E-state index < -0.39 is 17.4 Å². The second kappa shape index (κ2) is 7.53. The van der Waals surface area contributed by atoms with Crippen molar-refractivity contribution in [2.75, 3.05) is 13.1 Å². The van der Waals surface area contributed by atoms with Crippen molar-refractivity contribution in [3.05, 3.63) is 70.3 Å². The number of H-pyrrole nitrogens is 1. The highest BCUT2D eigenvalue weighted by Crippen LogP contribution is 2.40. The van der Waals surface area contributed by atoms with Crippen LogP contribution in [-0.2, 0) is 12.7 Å². The third kappa shape index (κ3) is 3.61. The Bertz CT molecular complexity index is 1310. The van der Waals surface area contributed by atoms with Crippen LogP contribution in [0, 0.1) is 0 Å². The molecule has 0 unspecified atom stereocenters. The number of halogens is 3. The zero-order valence-electron chi connectivity index (χ0n) is 16.7. The third-order valence-corrected chi connectivity index (χ3v) is 5.85. The molecule has 8 heteroatoms. The molecule has 3 heterocycles. The van der Waals surface area contributed by atoms with Crippen LogP contribution in [0.2, 0.25) is 0 Å². The summed E-state index contributed by atoms with van der Waals surface area (Å²) in [6.07, 6.45) is -1.35. The standard InChI is InChI=1S/C23H21F3N4O/c24-23(25,26)21-20(18-10-6-8-15-7-2-3-9-17(15)18)22-27-16(13-19(31)30(22)28-21)14-29-11-4-1-5-12-29/h2-3,6-10,13,28H,1,4-5,11-12,14H2. The van der Waals surface area contributed by atoms with Crippen LogP contribution in [0.1, 0.15) is 30.7 Å². The van der Waals surface area contributed by atoms with Gasteiger partial charge in [-0.25, -0.2) is 9.50 Å². The fraction of sp³-hybridized carbons (Fsp3) is 0.304. The Morgan fingerprint density at radius 2 is 1.74 bits per heavy atom. The zero-order chi connectivity index (χ0) is 21.6. The molecule has 160 valence electrons. The van der Waals surface area contributed by atoms with Crippen LogP contribution in [0.15, 0.2) is 53.3 Å². The van der Waals surface area contributed by atoms with E-state index in [1.807, 2.05) is 18.2 Å². The molecule has 1 fully saturated rings. The molecule has 2 aromatic heterocycles. The van der Waals surface area contributed by atoms with Crippen molar-refractivity contribution in [2.45, 2.75) is 32.0 Å². The predicted molar refractivity (Wildman–Crippen MR) is 113 cm³/mol. The Balaban J connectivity index is 1.76. The van der Waals surface area contributed by atoms with Crippen molar-refractivity contribution in [3.8, 4) is 11.1 Å². The maximum absolute atomic E-state index is 14.0. The molecule has 0 radical (unpaired) electrons. The Labute approximate surface area is 176 Å². The van der Waals surface area contributed by atoms with Crippen LogP contribution in [-0.4, -0.2) is 32.6 Å². The third-order valence-electron chi connectivity index (χ3n) is 5.85. The van der Waals surface area contributed by atoms with Gasteiger partial charge in [-0.1, -0.05) is 48.9 Å². The van der Waals surface area contributed by atoms with Gasteiger partial charge in [0.15, 0.2) is 5.65 Å². The van der Waals surface area contributed by atoms with Gasteiger partial charge in [0, 0.05) is 12.6 Å². The molecule has 0 amide bonds. The number of likely N-dealkylation sites (tertiary alicyclic amines) is 1. The number of hydrogen-bond donors (Lipinski definition) is 1. The Morgan fingerprint density at radius 3 is 2.52 bits per heavy atom. The van der Waals surface area contributed by atoms with E-state index in [1.165, 1.54) is 12.5 Å². The molecular weight excluding hydrogens is 405 g/mol. The maximum atomic E-state index is 14.0. The molecule has 0 aliphatic carbocycles. The van der Waals surface area contributed by atoms with E-state index in [4.69, 9.17) is 0 Å². The summed E-state index contributed by atoms with van der Waals surface area (Å²) in [5.74, 6) is 0. The van der Waals surface area contributed by atoms with Gasteiger partial charge in [0.1, 0.15) is 5.69 Å². The molecule has 1 aliphatic heterocycles. The fourth-order valence-corrected chi connectivity index (χ4v) is 4.42. The van der Waals surface area contributed by atoms with Crippen LogP contribution in [0.4, 0.5) is 13.2 Å². The van der Waals surface area contributed by atoms with Gasteiger partial charge in [-0.2, -0.15) is 13.2 Å². The first-order chi connectivity index (χ1) is 14.9. The van der Waals surface area contributed by atoms with Crippen molar-refractivity contribution in [2.24, 2.45) is 0 Å². The summed E-state index contributed by atoms with van der Waals surface area (Å²) in [6.45, 7) is 2.25. The highest BCUT2D eigenvalue weighted by molar-refractivity contribution is 6.00. The summed E-state index contributed by atoms with van der Waals surface area (Å²) in [5, 5.41) is 3.76. The second-order valence-electron chi connectivity index (χ2n) is 7.97. The van der Waals surface area contributed by atoms with Gasteiger partial charge in [0.05, 0.1) is 11.3 Å². The molecule has 5 rings (SSSR count). The smallest absolute Gasteiger partial charge is 0.298 e. The minimum atomic E-state index is -4.67. The first-order valence-corrected chi connectivity index (χ1v) is 10.3. The van der Waals surface area contributed by atoms with Crippen LogP contribution in [0.3, 0.4) is 0 Å². The molecule has 2 aromatic carbocycles. The van der Waals surface area contributed by atoms with E-state index in [2.05, 4.69) is 15.0 Å². The first-order valence-electron chi connectivity index (χ1n) is 10.3. The summed E-state index contributed by atoms with van der Waals surface area (Å²) < 4.78 is 42.9. The van der Waals surface area contributed by atoms with Crippen molar-refractivity contribution >= 4 is 16.4 Å². The van der Waals surface area contributed by atoms with E-state index in [0.717, 1.165) is 35.8 Å². The van der Waals surface area contributed by atoms with Gasteiger partial charge >= 0.3 is 6.18 Å². The second-order valence-corrected chi connectivity index (χ2v) is 7.97. The highest BCUT2D eigenvalue weighted by Gasteiger charge is 2.38. The van der Waals surface area contributed by atoms with Crippen molar-refractivity contribution in [1.29, 1.82) is 0 Å². The summed E-state index contributed by atoms with van der Waals surface area (Å²) in [4.78, 5) is 19.5. The number of fused-ring (bicyclic) bond motifs is 2. The molecule has 0 atom stereocenters. The zero-order valence-corrected chi connectivity index (χ0v) is 16.7. The van der Waals surface area contributed by atoms with Gasteiger partial charge < -0.3 is 0 Å². The van der Waals surface area contributed by atoms with Gasteiger partial charge in [0.25, 0.3) is 5.56 Å². The Morgan fingerprint density at radius 1 is 1.00 bits per heavy atom. The number of rotatable bonds is 3. The first kappa shape index (κ1) is 19.8. The molecule has 5 nitrogen and oxygen atoms in total. The highest BCUT2D eigenvalue weighted by atomic mass is 19.4. The van der Waals surface area contributed by atoms with E-state index in [1.54, 1.807) is 24.3 Å². The normalized spacial score (nSPS) is 15.7. The van der Waals surface area contributed by atoms with Crippen LogP contribution in [0.5, 0.6) is 0 Å². The molecule has 31 heavy (non-hydrogen) atoms. The number of benzene rings is 2. The quantitative estimate of drug-likeness (QED) is 0.510. The van der Waals surface area contributed by atoms with E-state index >= 15 is 0 Å². The SMILES string of the molecule is O=c1cc(CN2CCCCC2)nc2c(-c3cccc4ccccc34)c(C(F)(F)F)[nH]n12. The number of aromatic nitrogens is 3. The largest absolute Gasteiger partial charge is 0.433 e. The average Bonchev–Trinajstić information content (AvgIpc) is 3.14. The van der Waals surface area contributed by atoms with E-state index in [-0.39, 0.29) is 11.2 Å². The van der Waals surface area contributed by atoms with Crippen molar-refractivity contribution in [3.63, 3.8) is 0 Å². The van der Waals surface area contributed by atoms with Crippen LogP contribution < -0.4 is 5.56 Å². The molecule has 1 saturated heterocycles. The van der Waals surface area contributed by atoms with Crippen LogP contribution in [0.25, 0.3) is 27.5 Å². The summed E-state index contributed by atoms with van der Waals surface area (Å²) in [6, 6.07) is 13.8. The lowest BCUT2D eigenvalue weighted by Crippen LogP contribution is -2.30. The van der Waals surface area contributed by atoms with Gasteiger partial charge in [-0.15, -0.1) is 0 Å². The number of piperidine rings is 1. The number of aromatic amines is 1. The van der Waals surface area contributed by atoms with Crippen molar-refractivity contribution < 1.29 is 13.2 Å². The summed E-state index contributed by atoms with van der Waals surface area (Å²) >= 11 is 0. The van der Waals surface area contributed by atoms with Crippen LogP contribution >= 0.6 is 0 Å². The predicted octanol–water partition coefficient (Wildman–Crippen LogP) is 4.85. The van der Waals surface area contributed by atoms with E-state index in [0.29, 0.717) is 23.2 Å². The molecule has 1 aliphatic rings. The number of nitrogens with one attached hydrogen (secondary N) is 1. The Kier molecular flexibility index (Phi) is 4.81. The molecule has 4 aromatic rings. The number of hydrogen-bond acceptors (Lipinski definition) is 3. The molecule has 0 spiro atoms. The van der Waals surface area contributed by atoms with Gasteiger partial charge in [-0.05, 0) is 42.3 Å². The van der Waals surface area contributed by atoms with Crippen molar-refractivity contribution in [1.82, 2.24) is 19.5 Å². The lowest BCUT2D eigenvalue weighted by atomic mass is 9.98. The topological polar surface area (TPSA) is 53.4 Å². The lowest BCUT2D eigenvalue weighted by Gasteiger charge is -2.25. The fourth-order valence-electron chi connectivity index (χ4n) is 4.42. The number of nitrogens with zero attached hydrogens (tertiary/aromatic N) is 3. The van der Waals surface area contributed by atoms with E-state index in [9.17, 15) is 18.0 Å². The average molecular weight is 426 g/mol. The summed E-state index contributed by atoms with van der Waals surface area (Å²) in [5.41, 5.74) is -0.727. The summed E-state index contributed by atoms with van der Waals surface area (Å²) in [7, 11) is 0. The molecule has 0 bridgehead atoms. The molecule has 0 saturated carbocycles. The minimum Gasteiger partial charge on any atom is -0.298 e. The Hall–Kier alpha value is -3.13. The monoisotopic (exact) mass is 426 g/mol. The lowest BCUT2D eigenvalue weighted by molar-refractivity contribution is -0.140. The molecular formula is C23H21F3N4O. The number of alkyl halides is 3.